The molecule has 0 aromatic carbocycles. The molecule has 0 unspecified atom stereocenters. The van der Waals surface area contributed by atoms with Crippen LogP contribution >= 0.6 is 0 Å². The van der Waals surface area contributed by atoms with Gasteiger partial charge in [-0.2, -0.15) is 0 Å². The molecule has 0 aromatic heterocycles. The third kappa shape index (κ3) is 5.69. The van der Waals surface area contributed by atoms with Crippen LogP contribution in [-0.4, -0.2) is 37.0 Å². The number of hydrogen-bond donors (Lipinski definition) is 0. The normalized spacial score (nSPS) is 18.4. The summed E-state index contributed by atoms with van der Waals surface area (Å²) in [6.45, 7) is 11.3. The first-order valence-corrected chi connectivity index (χ1v) is 5.52. The van der Waals surface area contributed by atoms with Gasteiger partial charge in [0.05, 0.1) is 25.7 Å². The van der Waals surface area contributed by atoms with Crippen LogP contribution in [0.2, 0.25) is 0 Å². The molecule has 0 atom stereocenters. The van der Waals surface area contributed by atoms with E-state index in [0.29, 0.717) is 6.10 Å². The second kappa shape index (κ2) is 7.59. The maximum atomic E-state index is 8.00. The lowest BCUT2D eigenvalue weighted by Gasteiger charge is -2.33. The van der Waals surface area contributed by atoms with E-state index in [-0.39, 0.29) is 0 Å². The molecule has 1 fully saturated rings. The second-order valence-corrected chi connectivity index (χ2v) is 4.23. The molecule has 1 aliphatic rings. The number of quaternary nitrogens is 1. The molecule has 1 saturated heterocycles. The Morgan fingerprint density at radius 3 is 2.20 bits per heavy atom. The highest BCUT2D eigenvalue weighted by Gasteiger charge is 2.30. The Morgan fingerprint density at radius 1 is 1.40 bits per heavy atom. The fourth-order valence-corrected chi connectivity index (χ4v) is 1.85. The van der Waals surface area contributed by atoms with Crippen LogP contribution in [0, 0.1) is 10.1 Å². The molecule has 1 heterocycles. The summed E-state index contributed by atoms with van der Waals surface area (Å²) in [5.41, 5.74) is 0. The van der Waals surface area contributed by atoms with E-state index in [0.717, 1.165) is 12.1 Å². The minimum Gasteiger partial charge on any atom is -0.444 e. The van der Waals surface area contributed by atoms with Gasteiger partial charge >= 0.3 is 0 Å². The molecule has 0 spiro atoms. The van der Waals surface area contributed by atoms with Crippen LogP contribution in [0.4, 0.5) is 0 Å². The first-order valence-electron chi connectivity index (χ1n) is 5.52. The minimum absolute atomic E-state index is 0.382. The molecule has 5 heteroatoms. The van der Waals surface area contributed by atoms with Crippen molar-refractivity contribution >= 4 is 0 Å². The lowest BCUT2D eigenvalue weighted by molar-refractivity contribution is -0.934. The Bertz CT molecular complexity index is 168. The van der Waals surface area contributed by atoms with Gasteiger partial charge in [-0.05, 0) is 20.8 Å². The van der Waals surface area contributed by atoms with Crippen LogP contribution in [0.5, 0.6) is 0 Å². The molecule has 0 bridgehead atoms. The fourth-order valence-electron chi connectivity index (χ4n) is 1.85. The number of hydrogen-bond acceptors (Lipinski definition) is 4. The highest BCUT2D eigenvalue weighted by atomic mass is 16.6. The fraction of sp³-hybridized carbons (Fsp3) is 1.00. The zero-order valence-electron chi connectivity index (χ0n) is 9.94. The molecule has 1 rings (SSSR count). The Kier molecular flexibility index (Phi) is 7.25. The van der Waals surface area contributed by atoms with Crippen LogP contribution < -0.4 is 0 Å². The average molecular weight is 218 g/mol. The van der Waals surface area contributed by atoms with Crippen LogP contribution in [0.15, 0.2) is 5.34 Å². The van der Waals surface area contributed by atoms with Crippen molar-refractivity contribution in [2.45, 2.75) is 39.7 Å². The molecule has 0 radical (unpaired) electrons. The van der Waals surface area contributed by atoms with Gasteiger partial charge in [-0.3, -0.25) is 0 Å². The molecule has 0 saturated carbocycles. The van der Waals surface area contributed by atoms with Gasteiger partial charge in [-0.15, -0.1) is 5.34 Å². The smallest absolute Gasteiger partial charge is 0.183 e. The first-order chi connectivity index (χ1) is 7.10. The van der Waals surface area contributed by atoms with E-state index in [9.17, 15) is 0 Å². The van der Waals surface area contributed by atoms with Gasteiger partial charge in [0, 0.05) is 12.8 Å². The van der Waals surface area contributed by atoms with Gasteiger partial charge in [-0.1, -0.05) is 0 Å². The summed E-state index contributed by atoms with van der Waals surface area (Å²) in [4.78, 5) is 8.00. The maximum absolute atomic E-state index is 8.00. The van der Waals surface area contributed by atoms with Crippen LogP contribution in [0.25, 0.3) is 0 Å². The zero-order valence-corrected chi connectivity index (χ0v) is 9.94. The largest absolute Gasteiger partial charge is 0.444 e. The summed E-state index contributed by atoms with van der Waals surface area (Å²) in [5, 5.41) is 9.00. The standard InChI is InChI=1S/C10H22NO.HNO2/c1-4-11(7-5-6-8-11)9-12-10(2)3;2-1-3/h10H,4-9H2,1-3H3;(H,2,3)/q+1;/p-1. The first kappa shape index (κ1) is 14.3. The molecule has 90 valence electrons. The third-order valence-corrected chi connectivity index (χ3v) is 2.87. The number of nitrogens with zero attached hydrogens (tertiary/aromatic N) is 2. The van der Waals surface area contributed by atoms with Crippen molar-refractivity contribution in [2.75, 3.05) is 26.4 Å². The van der Waals surface area contributed by atoms with E-state index in [1.54, 1.807) is 0 Å². The molecule has 5 nitrogen and oxygen atoms in total. The summed E-state index contributed by atoms with van der Waals surface area (Å²) in [6, 6.07) is 0. The van der Waals surface area contributed by atoms with Crippen LogP contribution in [-0.2, 0) is 4.74 Å². The van der Waals surface area contributed by atoms with E-state index >= 15 is 0 Å². The lowest BCUT2D eigenvalue weighted by Crippen LogP contribution is -2.47. The summed E-state index contributed by atoms with van der Waals surface area (Å²) in [5.74, 6) is 0. The maximum Gasteiger partial charge on any atom is 0.183 e. The highest BCUT2D eigenvalue weighted by Crippen LogP contribution is 2.19. The molecule has 0 aliphatic carbocycles. The predicted octanol–water partition coefficient (Wildman–Crippen LogP) is 2.25. The van der Waals surface area contributed by atoms with Crippen molar-refractivity contribution in [2.24, 2.45) is 5.34 Å². The van der Waals surface area contributed by atoms with Crippen molar-refractivity contribution < 1.29 is 9.22 Å². The molecular weight excluding hydrogens is 196 g/mol. The molecule has 0 N–H and O–H groups in total. The van der Waals surface area contributed by atoms with Crippen molar-refractivity contribution in [1.29, 1.82) is 0 Å². The Balaban J connectivity index is 0.000000583. The monoisotopic (exact) mass is 218 g/mol. The summed E-state index contributed by atoms with van der Waals surface area (Å²) >= 11 is 0. The predicted molar refractivity (Wildman–Crippen MR) is 60.0 cm³/mol. The van der Waals surface area contributed by atoms with Crippen molar-refractivity contribution in [3.05, 3.63) is 10.1 Å². The van der Waals surface area contributed by atoms with Gasteiger partial charge < -0.3 is 19.3 Å². The molecule has 15 heavy (non-hydrogen) atoms. The second-order valence-electron chi connectivity index (χ2n) is 4.23. The topological polar surface area (TPSA) is 61.7 Å². The van der Waals surface area contributed by atoms with Gasteiger partial charge in [0.15, 0.2) is 6.73 Å². The lowest BCUT2D eigenvalue weighted by atomic mass is 10.4. The van der Waals surface area contributed by atoms with E-state index in [1.165, 1.54) is 37.0 Å². The highest BCUT2D eigenvalue weighted by molar-refractivity contribution is 4.51. The van der Waals surface area contributed by atoms with Crippen LogP contribution in [0.3, 0.4) is 0 Å². The van der Waals surface area contributed by atoms with E-state index in [1.807, 2.05) is 0 Å². The quantitative estimate of drug-likeness (QED) is 0.413. The Labute approximate surface area is 91.6 Å². The number of rotatable bonds is 4. The molecule has 0 aromatic rings. The zero-order chi connectivity index (χ0) is 11.7. The SMILES string of the molecule is CC[N+]1(COC(C)C)CCCC1.O=N[O-]. The third-order valence-electron chi connectivity index (χ3n) is 2.87. The van der Waals surface area contributed by atoms with Gasteiger partial charge in [0.1, 0.15) is 0 Å². The van der Waals surface area contributed by atoms with Gasteiger partial charge in [0.2, 0.25) is 0 Å². The van der Waals surface area contributed by atoms with Gasteiger partial charge in [-0.25, -0.2) is 0 Å². The average Bonchev–Trinajstić information content (AvgIpc) is 2.65. The summed E-state index contributed by atoms with van der Waals surface area (Å²) in [7, 11) is 0. The van der Waals surface area contributed by atoms with Crippen LogP contribution in [0.1, 0.15) is 33.6 Å². The van der Waals surface area contributed by atoms with E-state index in [2.05, 4.69) is 20.8 Å². The van der Waals surface area contributed by atoms with E-state index in [4.69, 9.17) is 14.9 Å². The van der Waals surface area contributed by atoms with Crippen molar-refractivity contribution in [1.82, 2.24) is 0 Å². The van der Waals surface area contributed by atoms with Gasteiger partial charge in [0.25, 0.3) is 0 Å². The Hall–Kier alpha value is -0.680. The summed E-state index contributed by atoms with van der Waals surface area (Å²) < 4.78 is 6.88. The Morgan fingerprint density at radius 2 is 1.87 bits per heavy atom. The number of ether oxygens (including phenoxy) is 1. The summed E-state index contributed by atoms with van der Waals surface area (Å²) in [6.07, 6.45) is 3.15. The van der Waals surface area contributed by atoms with Crippen molar-refractivity contribution in [3.8, 4) is 0 Å². The molecule has 0 amide bonds. The minimum atomic E-state index is 0.382. The number of likely N-dealkylation sites (tertiary alicyclic amines) is 1. The molecule has 1 aliphatic heterocycles. The van der Waals surface area contributed by atoms with E-state index < -0.39 is 0 Å². The van der Waals surface area contributed by atoms with Crippen molar-refractivity contribution in [3.63, 3.8) is 0 Å². The molecular formula is C10H22N2O3.